The molecule has 0 bridgehead atoms. The van der Waals surface area contributed by atoms with E-state index in [1.807, 2.05) is 39.0 Å². The Morgan fingerprint density at radius 2 is 1.58 bits per heavy atom. The van der Waals surface area contributed by atoms with Gasteiger partial charge in [0.2, 0.25) is 11.8 Å². The third-order valence-electron chi connectivity index (χ3n) is 6.44. The Balaban J connectivity index is 3.48. The Bertz CT molecular complexity index is 876. The first-order valence-electron chi connectivity index (χ1n) is 14.1. The van der Waals surface area contributed by atoms with E-state index in [0.29, 0.717) is 13.0 Å². The summed E-state index contributed by atoms with van der Waals surface area (Å²) in [5.74, 6) is -0.779. The quantitative estimate of drug-likeness (QED) is 0.264. The summed E-state index contributed by atoms with van der Waals surface area (Å²) < 4.78 is 5.32. The SMILES string of the molecule is CCCCCCCN(C(=O)C(CO)NC(=O)OC(C)(C)C)C(C(=O)NC(C)CCC)c1c(C)cccc1C. The Morgan fingerprint density at radius 1 is 0.974 bits per heavy atom. The Hall–Kier alpha value is -2.61. The zero-order valence-electron chi connectivity index (χ0n) is 24.9. The number of ether oxygens (including phenoxy) is 1. The van der Waals surface area contributed by atoms with E-state index in [1.54, 1.807) is 20.8 Å². The van der Waals surface area contributed by atoms with E-state index in [1.165, 1.54) is 4.90 Å². The maximum atomic E-state index is 14.0. The highest BCUT2D eigenvalue weighted by Crippen LogP contribution is 2.29. The smallest absolute Gasteiger partial charge is 0.408 e. The molecular formula is C30H51N3O5. The number of aliphatic hydroxyl groups excluding tert-OH is 1. The number of hydrogen-bond acceptors (Lipinski definition) is 5. The lowest BCUT2D eigenvalue weighted by molar-refractivity contribution is -0.143. The number of unbranched alkanes of at least 4 members (excludes halogenated alkanes) is 4. The monoisotopic (exact) mass is 533 g/mol. The van der Waals surface area contributed by atoms with Gasteiger partial charge in [0.25, 0.3) is 0 Å². The minimum atomic E-state index is -1.24. The van der Waals surface area contributed by atoms with Crippen molar-refractivity contribution in [2.75, 3.05) is 13.2 Å². The van der Waals surface area contributed by atoms with Crippen molar-refractivity contribution in [3.63, 3.8) is 0 Å². The molecule has 0 aromatic heterocycles. The average molecular weight is 534 g/mol. The van der Waals surface area contributed by atoms with Crippen molar-refractivity contribution in [1.29, 1.82) is 0 Å². The maximum absolute atomic E-state index is 14.0. The van der Waals surface area contributed by atoms with Crippen molar-refractivity contribution in [2.24, 2.45) is 0 Å². The zero-order valence-corrected chi connectivity index (χ0v) is 24.9. The van der Waals surface area contributed by atoms with Crippen LogP contribution >= 0.6 is 0 Å². The number of nitrogens with zero attached hydrogens (tertiary/aromatic N) is 1. The van der Waals surface area contributed by atoms with Crippen LogP contribution in [0.15, 0.2) is 18.2 Å². The van der Waals surface area contributed by atoms with Gasteiger partial charge in [0.15, 0.2) is 0 Å². The molecule has 0 saturated carbocycles. The molecule has 0 saturated heterocycles. The van der Waals surface area contributed by atoms with Crippen LogP contribution in [-0.4, -0.2) is 58.8 Å². The van der Waals surface area contributed by atoms with E-state index in [0.717, 1.165) is 55.2 Å². The van der Waals surface area contributed by atoms with E-state index >= 15 is 0 Å². The van der Waals surface area contributed by atoms with Crippen LogP contribution in [0.5, 0.6) is 0 Å². The van der Waals surface area contributed by atoms with Gasteiger partial charge in [-0.05, 0) is 71.1 Å². The van der Waals surface area contributed by atoms with Crippen LogP contribution in [0.1, 0.15) is 109 Å². The van der Waals surface area contributed by atoms with Crippen LogP contribution in [-0.2, 0) is 14.3 Å². The first-order valence-corrected chi connectivity index (χ1v) is 14.1. The first kappa shape index (κ1) is 33.4. The molecule has 3 atom stereocenters. The van der Waals surface area contributed by atoms with Crippen molar-refractivity contribution in [3.05, 3.63) is 34.9 Å². The van der Waals surface area contributed by atoms with Gasteiger partial charge in [0.1, 0.15) is 17.7 Å². The molecule has 0 spiro atoms. The molecule has 1 aromatic rings. The molecule has 3 unspecified atom stereocenters. The van der Waals surface area contributed by atoms with Gasteiger partial charge in [-0.15, -0.1) is 0 Å². The number of nitrogens with one attached hydrogen (secondary N) is 2. The molecule has 3 N–H and O–H groups in total. The molecule has 0 fully saturated rings. The highest BCUT2D eigenvalue weighted by molar-refractivity contribution is 5.92. The van der Waals surface area contributed by atoms with Gasteiger partial charge in [0, 0.05) is 12.6 Å². The zero-order chi connectivity index (χ0) is 28.9. The Labute approximate surface area is 229 Å². The summed E-state index contributed by atoms with van der Waals surface area (Å²) in [6.07, 6.45) is 5.78. The topological polar surface area (TPSA) is 108 Å². The van der Waals surface area contributed by atoms with Crippen molar-refractivity contribution >= 4 is 17.9 Å². The van der Waals surface area contributed by atoms with Crippen LogP contribution < -0.4 is 10.6 Å². The number of hydrogen-bond donors (Lipinski definition) is 3. The molecule has 38 heavy (non-hydrogen) atoms. The van der Waals surface area contributed by atoms with Crippen molar-refractivity contribution < 1.29 is 24.2 Å². The third kappa shape index (κ3) is 11.0. The number of rotatable bonds is 15. The second-order valence-corrected chi connectivity index (χ2v) is 11.2. The number of benzene rings is 1. The molecule has 0 aliphatic carbocycles. The normalized spacial score (nSPS) is 13.8. The number of carbonyl (C=O) groups excluding carboxylic acids is 3. The molecule has 0 aliphatic rings. The summed E-state index contributed by atoms with van der Waals surface area (Å²) in [7, 11) is 0. The molecule has 8 heteroatoms. The van der Waals surface area contributed by atoms with Crippen molar-refractivity contribution in [2.45, 2.75) is 124 Å². The molecule has 8 nitrogen and oxygen atoms in total. The number of aliphatic hydroxyl groups is 1. The van der Waals surface area contributed by atoms with Crippen LogP contribution in [0, 0.1) is 13.8 Å². The summed E-state index contributed by atoms with van der Waals surface area (Å²) in [6, 6.07) is 3.60. The second kappa shape index (κ2) is 16.4. The van der Waals surface area contributed by atoms with Crippen LogP contribution in [0.3, 0.4) is 0 Å². The van der Waals surface area contributed by atoms with Crippen LogP contribution in [0.25, 0.3) is 0 Å². The molecule has 1 rings (SSSR count). The van der Waals surface area contributed by atoms with E-state index < -0.39 is 36.3 Å². The summed E-state index contributed by atoms with van der Waals surface area (Å²) in [5, 5.41) is 15.7. The Kier molecular flexibility index (Phi) is 14.4. The summed E-state index contributed by atoms with van der Waals surface area (Å²) in [5.41, 5.74) is 1.81. The predicted molar refractivity (Wildman–Crippen MR) is 152 cm³/mol. The molecular weight excluding hydrogens is 482 g/mol. The Morgan fingerprint density at radius 3 is 2.11 bits per heavy atom. The second-order valence-electron chi connectivity index (χ2n) is 11.2. The van der Waals surface area contributed by atoms with Gasteiger partial charge < -0.3 is 25.4 Å². The standard InChI is InChI=1S/C30H51N3O5/c1-9-11-12-13-14-19-33(28(36)24(20-34)32-29(37)38-30(6,7)8)26(27(35)31-23(5)16-10-2)25-21(3)17-15-18-22(25)4/h15,17-18,23-24,26,34H,9-14,16,19-20H2,1-8H3,(H,31,35)(H,32,37). The fourth-order valence-corrected chi connectivity index (χ4v) is 4.60. The molecule has 0 aliphatic heterocycles. The minimum absolute atomic E-state index is 0.0608. The number of amides is 3. The van der Waals surface area contributed by atoms with Gasteiger partial charge >= 0.3 is 6.09 Å². The third-order valence-corrected chi connectivity index (χ3v) is 6.44. The average Bonchev–Trinajstić information content (AvgIpc) is 2.81. The van der Waals surface area contributed by atoms with E-state index in [-0.39, 0.29) is 11.9 Å². The fraction of sp³-hybridized carbons (Fsp3) is 0.700. The highest BCUT2D eigenvalue weighted by atomic mass is 16.6. The lowest BCUT2D eigenvalue weighted by Crippen LogP contribution is -2.55. The van der Waals surface area contributed by atoms with Gasteiger partial charge in [0.05, 0.1) is 6.61 Å². The largest absolute Gasteiger partial charge is 0.444 e. The summed E-state index contributed by atoms with van der Waals surface area (Å²) in [4.78, 5) is 41.8. The number of carbonyl (C=O) groups is 3. The molecule has 1 aromatic carbocycles. The molecule has 0 heterocycles. The maximum Gasteiger partial charge on any atom is 0.408 e. The van der Waals surface area contributed by atoms with Gasteiger partial charge in [-0.2, -0.15) is 0 Å². The molecule has 3 amide bonds. The fourth-order valence-electron chi connectivity index (χ4n) is 4.60. The highest BCUT2D eigenvalue weighted by Gasteiger charge is 2.37. The number of aryl methyl sites for hydroxylation is 2. The van der Waals surface area contributed by atoms with E-state index in [9.17, 15) is 19.5 Å². The van der Waals surface area contributed by atoms with Crippen molar-refractivity contribution in [1.82, 2.24) is 15.5 Å². The minimum Gasteiger partial charge on any atom is -0.444 e. The molecule has 216 valence electrons. The van der Waals surface area contributed by atoms with Gasteiger partial charge in [-0.1, -0.05) is 64.2 Å². The van der Waals surface area contributed by atoms with Crippen LogP contribution in [0.4, 0.5) is 4.79 Å². The lowest BCUT2D eigenvalue weighted by atomic mass is 9.93. The van der Waals surface area contributed by atoms with E-state index in [4.69, 9.17) is 4.74 Å². The number of alkyl carbamates (subject to hydrolysis) is 1. The first-order chi connectivity index (χ1) is 17.9. The molecule has 0 radical (unpaired) electrons. The summed E-state index contributed by atoms with van der Waals surface area (Å²) >= 11 is 0. The predicted octanol–water partition coefficient (Wildman–Crippen LogP) is 5.33. The summed E-state index contributed by atoms with van der Waals surface area (Å²) in [6.45, 7) is 14.9. The van der Waals surface area contributed by atoms with Crippen molar-refractivity contribution in [3.8, 4) is 0 Å². The van der Waals surface area contributed by atoms with Crippen LogP contribution in [0.2, 0.25) is 0 Å². The lowest BCUT2D eigenvalue weighted by Gasteiger charge is -2.36. The van der Waals surface area contributed by atoms with Gasteiger partial charge in [-0.3, -0.25) is 9.59 Å². The van der Waals surface area contributed by atoms with Gasteiger partial charge in [-0.25, -0.2) is 4.79 Å². The van der Waals surface area contributed by atoms with E-state index in [2.05, 4.69) is 24.5 Å².